The second-order valence-corrected chi connectivity index (χ2v) is 8.58. The number of hydrogen-bond acceptors (Lipinski definition) is 7. The van der Waals surface area contributed by atoms with E-state index >= 15 is 0 Å². The molecule has 0 fully saturated rings. The summed E-state index contributed by atoms with van der Waals surface area (Å²) in [6, 6.07) is 21.9. The lowest BCUT2D eigenvalue weighted by Gasteiger charge is -2.11. The van der Waals surface area contributed by atoms with Gasteiger partial charge in [-0.2, -0.15) is 5.10 Å². The minimum atomic E-state index is -0.571. The van der Waals surface area contributed by atoms with Crippen molar-refractivity contribution in [3.8, 4) is 17.2 Å². The molecule has 0 aliphatic rings. The molecule has 0 aliphatic heterocycles. The van der Waals surface area contributed by atoms with Crippen LogP contribution in [0.15, 0.2) is 84.0 Å². The van der Waals surface area contributed by atoms with Gasteiger partial charge in [0.1, 0.15) is 5.75 Å². The fourth-order valence-electron chi connectivity index (χ4n) is 3.69. The minimum Gasteiger partial charge on any atom is -0.493 e. The first kappa shape index (κ1) is 27.2. The summed E-state index contributed by atoms with van der Waals surface area (Å²) in [6.07, 6.45) is 1.39. The van der Waals surface area contributed by atoms with Crippen molar-refractivity contribution in [3.05, 3.63) is 101 Å². The fourth-order valence-corrected chi connectivity index (χ4v) is 3.82. The van der Waals surface area contributed by atoms with Crippen LogP contribution in [0, 0.1) is 0 Å². The van der Waals surface area contributed by atoms with Gasteiger partial charge in [-0.3, -0.25) is 9.59 Å². The summed E-state index contributed by atoms with van der Waals surface area (Å²) in [6.45, 7) is -0.321. The van der Waals surface area contributed by atoms with Crippen LogP contribution in [0.1, 0.15) is 26.3 Å². The van der Waals surface area contributed by atoms with E-state index in [2.05, 4.69) is 15.8 Å². The number of nitrogens with one attached hydrogen (secondary N) is 2. The van der Waals surface area contributed by atoms with Gasteiger partial charge >= 0.3 is 5.97 Å². The van der Waals surface area contributed by atoms with Crippen LogP contribution in [0.4, 0.5) is 0 Å². The third-order valence-corrected chi connectivity index (χ3v) is 5.90. The van der Waals surface area contributed by atoms with Crippen LogP contribution in [-0.2, 0) is 4.79 Å². The monoisotopic (exact) mass is 545 g/mol. The molecule has 39 heavy (non-hydrogen) atoms. The fraction of sp³-hybridized carbons (Fsp3) is 0.103. The molecule has 4 aromatic carbocycles. The summed E-state index contributed by atoms with van der Waals surface area (Å²) in [4.78, 5) is 37.5. The predicted molar refractivity (Wildman–Crippen MR) is 148 cm³/mol. The average Bonchev–Trinajstić information content (AvgIpc) is 2.96. The maximum Gasteiger partial charge on any atom is 0.343 e. The van der Waals surface area contributed by atoms with E-state index in [-0.39, 0.29) is 12.3 Å². The van der Waals surface area contributed by atoms with Crippen molar-refractivity contribution in [1.82, 2.24) is 10.7 Å². The summed E-state index contributed by atoms with van der Waals surface area (Å²) in [5.41, 5.74) is 3.49. The number of ether oxygens (including phenoxy) is 3. The summed E-state index contributed by atoms with van der Waals surface area (Å²) >= 11 is 5.91. The minimum absolute atomic E-state index is 0.258. The Morgan fingerprint density at radius 2 is 1.54 bits per heavy atom. The van der Waals surface area contributed by atoms with E-state index in [1.807, 2.05) is 30.3 Å². The summed E-state index contributed by atoms with van der Waals surface area (Å²) < 4.78 is 16.0. The van der Waals surface area contributed by atoms with Gasteiger partial charge in [-0.05, 0) is 59.3 Å². The summed E-state index contributed by atoms with van der Waals surface area (Å²) in [5, 5.41) is 8.70. The molecule has 0 aromatic heterocycles. The van der Waals surface area contributed by atoms with Gasteiger partial charge in [-0.15, -0.1) is 0 Å². The van der Waals surface area contributed by atoms with Gasteiger partial charge in [-0.1, -0.05) is 41.9 Å². The van der Waals surface area contributed by atoms with Crippen molar-refractivity contribution in [2.45, 2.75) is 0 Å². The number of halogens is 1. The number of carbonyl (C=O) groups is 3. The molecule has 198 valence electrons. The largest absolute Gasteiger partial charge is 0.493 e. The number of amides is 2. The molecule has 10 heteroatoms. The quantitative estimate of drug-likeness (QED) is 0.137. The van der Waals surface area contributed by atoms with Gasteiger partial charge in [0, 0.05) is 16.1 Å². The van der Waals surface area contributed by atoms with Crippen LogP contribution in [0.5, 0.6) is 17.2 Å². The van der Waals surface area contributed by atoms with E-state index in [0.29, 0.717) is 33.2 Å². The standard InChI is InChI=1S/C29H24ClN3O6/c1-37-25-14-10-20(15-26(25)38-2)28(35)31-17-27(34)33-32-16-23-22-6-4-3-5-18(22)9-13-24(23)39-29(36)19-7-11-21(30)12-8-19/h3-16H,17H2,1-2H3,(H,31,35)(H,33,34). The molecule has 0 bridgehead atoms. The van der Waals surface area contributed by atoms with E-state index in [9.17, 15) is 14.4 Å². The molecule has 0 radical (unpaired) electrons. The zero-order chi connectivity index (χ0) is 27.8. The lowest BCUT2D eigenvalue weighted by molar-refractivity contribution is -0.120. The van der Waals surface area contributed by atoms with Crippen molar-refractivity contribution >= 4 is 46.4 Å². The highest BCUT2D eigenvalue weighted by Crippen LogP contribution is 2.28. The molecule has 2 amide bonds. The van der Waals surface area contributed by atoms with Crippen LogP contribution in [0.3, 0.4) is 0 Å². The Kier molecular flexibility index (Phi) is 8.75. The van der Waals surface area contributed by atoms with Gasteiger partial charge in [0.25, 0.3) is 11.8 Å². The molecule has 0 unspecified atom stereocenters. The lowest BCUT2D eigenvalue weighted by Crippen LogP contribution is -2.34. The molecule has 0 aliphatic carbocycles. The van der Waals surface area contributed by atoms with Crippen molar-refractivity contribution in [2.75, 3.05) is 20.8 Å². The van der Waals surface area contributed by atoms with E-state index in [1.165, 1.54) is 26.5 Å². The molecular formula is C29H24ClN3O6. The maximum absolute atomic E-state index is 12.7. The van der Waals surface area contributed by atoms with E-state index < -0.39 is 17.8 Å². The van der Waals surface area contributed by atoms with E-state index in [4.69, 9.17) is 25.8 Å². The first-order valence-electron chi connectivity index (χ1n) is 11.7. The van der Waals surface area contributed by atoms with Crippen LogP contribution in [-0.4, -0.2) is 44.8 Å². The van der Waals surface area contributed by atoms with Crippen LogP contribution < -0.4 is 25.0 Å². The smallest absolute Gasteiger partial charge is 0.343 e. The highest BCUT2D eigenvalue weighted by atomic mass is 35.5. The number of fused-ring (bicyclic) bond motifs is 1. The molecule has 0 spiro atoms. The van der Waals surface area contributed by atoms with Gasteiger partial charge in [0.15, 0.2) is 11.5 Å². The van der Waals surface area contributed by atoms with Crippen molar-refractivity contribution < 1.29 is 28.6 Å². The predicted octanol–water partition coefficient (Wildman–Crippen LogP) is 4.61. The van der Waals surface area contributed by atoms with Crippen molar-refractivity contribution in [2.24, 2.45) is 5.10 Å². The Morgan fingerprint density at radius 1 is 0.846 bits per heavy atom. The number of methoxy groups -OCH3 is 2. The van der Waals surface area contributed by atoms with E-state index in [0.717, 1.165) is 10.8 Å². The second-order valence-electron chi connectivity index (χ2n) is 8.14. The Hall–Kier alpha value is -4.89. The van der Waals surface area contributed by atoms with E-state index in [1.54, 1.807) is 42.5 Å². The summed E-state index contributed by atoms with van der Waals surface area (Å²) in [7, 11) is 2.96. The van der Waals surface area contributed by atoms with Gasteiger partial charge < -0.3 is 19.5 Å². The van der Waals surface area contributed by atoms with Gasteiger partial charge in [0.05, 0.1) is 32.5 Å². The third-order valence-electron chi connectivity index (χ3n) is 5.65. The first-order chi connectivity index (χ1) is 18.9. The van der Waals surface area contributed by atoms with Crippen LogP contribution in [0.2, 0.25) is 5.02 Å². The highest BCUT2D eigenvalue weighted by molar-refractivity contribution is 6.30. The second kappa shape index (κ2) is 12.6. The molecular weight excluding hydrogens is 522 g/mol. The normalized spacial score (nSPS) is 10.7. The topological polar surface area (TPSA) is 115 Å². The Labute approximate surface area is 229 Å². The Balaban J connectivity index is 1.44. The number of hydrazone groups is 1. The molecule has 4 aromatic rings. The Morgan fingerprint density at radius 3 is 2.28 bits per heavy atom. The molecule has 9 nitrogen and oxygen atoms in total. The van der Waals surface area contributed by atoms with Crippen LogP contribution >= 0.6 is 11.6 Å². The number of rotatable bonds is 9. The molecule has 4 rings (SSSR count). The third kappa shape index (κ3) is 6.71. The van der Waals surface area contributed by atoms with Crippen molar-refractivity contribution in [1.29, 1.82) is 0 Å². The Bertz CT molecular complexity index is 1550. The first-order valence-corrected chi connectivity index (χ1v) is 12.1. The highest BCUT2D eigenvalue weighted by Gasteiger charge is 2.15. The summed E-state index contributed by atoms with van der Waals surface area (Å²) in [5.74, 6) is -0.470. The molecule has 0 atom stereocenters. The van der Waals surface area contributed by atoms with Crippen molar-refractivity contribution in [3.63, 3.8) is 0 Å². The SMILES string of the molecule is COc1ccc(C(=O)NCC(=O)NN=Cc2c(OC(=O)c3ccc(Cl)cc3)ccc3ccccc23)cc1OC. The zero-order valence-electron chi connectivity index (χ0n) is 21.1. The average molecular weight is 546 g/mol. The van der Waals surface area contributed by atoms with Crippen LogP contribution in [0.25, 0.3) is 10.8 Å². The number of esters is 1. The number of benzene rings is 4. The molecule has 0 saturated heterocycles. The molecule has 0 saturated carbocycles. The molecule has 2 N–H and O–H groups in total. The maximum atomic E-state index is 12.7. The lowest BCUT2D eigenvalue weighted by atomic mass is 10.0. The number of nitrogens with zero attached hydrogens (tertiary/aromatic N) is 1. The zero-order valence-corrected chi connectivity index (χ0v) is 21.8. The number of carbonyl (C=O) groups excluding carboxylic acids is 3. The van der Waals surface area contributed by atoms with Gasteiger partial charge in [0.2, 0.25) is 0 Å². The van der Waals surface area contributed by atoms with Gasteiger partial charge in [-0.25, -0.2) is 10.2 Å². The number of hydrogen-bond donors (Lipinski definition) is 2. The molecule has 0 heterocycles.